The van der Waals surface area contributed by atoms with Crippen LogP contribution in [0.25, 0.3) is 0 Å². The van der Waals surface area contributed by atoms with Crippen LogP contribution in [0.5, 0.6) is 0 Å². The summed E-state index contributed by atoms with van der Waals surface area (Å²) >= 11 is 0. The quantitative estimate of drug-likeness (QED) is 0.890. The van der Waals surface area contributed by atoms with E-state index >= 15 is 0 Å². The molecule has 1 saturated heterocycles. The number of aromatic amines is 1. The molecule has 124 valence electrons. The zero-order valence-corrected chi connectivity index (χ0v) is 14.2. The maximum Gasteiger partial charge on any atom is 0.247 e. The van der Waals surface area contributed by atoms with Crippen molar-refractivity contribution < 1.29 is 8.42 Å². The van der Waals surface area contributed by atoms with E-state index < -0.39 is 10.0 Å². The van der Waals surface area contributed by atoms with Crippen molar-refractivity contribution in [3.8, 4) is 0 Å². The molecule has 1 fully saturated rings. The summed E-state index contributed by atoms with van der Waals surface area (Å²) in [6.07, 6.45) is 2.36. The van der Waals surface area contributed by atoms with E-state index in [1.807, 2.05) is 12.1 Å². The fourth-order valence-electron chi connectivity index (χ4n) is 2.96. The molecule has 0 amide bonds. The summed E-state index contributed by atoms with van der Waals surface area (Å²) in [4.78, 5) is 0.259. The van der Waals surface area contributed by atoms with Crippen molar-refractivity contribution in [3.63, 3.8) is 0 Å². The van der Waals surface area contributed by atoms with Crippen LogP contribution in [0.15, 0.2) is 35.4 Å². The lowest BCUT2D eigenvalue weighted by molar-refractivity contribution is 0.271. The van der Waals surface area contributed by atoms with Gasteiger partial charge in [-0.3, -0.25) is 5.10 Å². The van der Waals surface area contributed by atoms with Gasteiger partial charge in [0.1, 0.15) is 4.90 Å². The minimum Gasteiger partial charge on any atom is -0.313 e. The van der Waals surface area contributed by atoms with Crippen molar-refractivity contribution in [2.75, 3.05) is 19.6 Å². The van der Waals surface area contributed by atoms with Crippen molar-refractivity contribution in [3.05, 3.63) is 47.3 Å². The molecule has 2 N–H and O–H groups in total. The molecule has 3 rings (SSSR count). The first-order chi connectivity index (χ1) is 11.0. The van der Waals surface area contributed by atoms with Gasteiger partial charge in [-0.15, -0.1) is 0 Å². The number of rotatable bonds is 4. The monoisotopic (exact) mass is 334 g/mol. The van der Waals surface area contributed by atoms with E-state index in [0.717, 1.165) is 12.0 Å². The van der Waals surface area contributed by atoms with E-state index in [4.69, 9.17) is 0 Å². The number of hydrogen-bond acceptors (Lipinski definition) is 4. The molecule has 7 heteroatoms. The van der Waals surface area contributed by atoms with Crippen LogP contribution in [0.1, 0.15) is 29.8 Å². The van der Waals surface area contributed by atoms with Crippen molar-refractivity contribution >= 4 is 10.0 Å². The minimum absolute atomic E-state index is 0.200. The van der Waals surface area contributed by atoms with Gasteiger partial charge in [0.2, 0.25) is 10.0 Å². The van der Waals surface area contributed by atoms with Crippen molar-refractivity contribution in [1.82, 2.24) is 19.8 Å². The van der Waals surface area contributed by atoms with Crippen LogP contribution < -0.4 is 5.32 Å². The molecule has 1 unspecified atom stereocenters. The highest BCUT2D eigenvalue weighted by Gasteiger charge is 2.35. The number of piperazine rings is 1. The number of hydrogen-bond donors (Lipinski definition) is 2. The van der Waals surface area contributed by atoms with Crippen LogP contribution >= 0.6 is 0 Å². The van der Waals surface area contributed by atoms with Crippen molar-refractivity contribution in [1.29, 1.82) is 0 Å². The predicted octanol–water partition coefficient (Wildman–Crippen LogP) is 1.62. The van der Waals surface area contributed by atoms with Gasteiger partial charge < -0.3 is 5.32 Å². The molecule has 23 heavy (non-hydrogen) atoms. The number of nitrogens with one attached hydrogen (secondary N) is 2. The van der Waals surface area contributed by atoms with Gasteiger partial charge in [0.15, 0.2) is 0 Å². The molecule has 0 bridgehead atoms. The Balaban J connectivity index is 1.97. The largest absolute Gasteiger partial charge is 0.313 e. The first-order valence-corrected chi connectivity index (χ1v) is 9.29. The van der Waals surface area contributed by atoms with Crippen LogP contribution in [0, 0.1) is 6.92 Å². The minimum atomic E-state index is -3.56. The third-order valence-electron chi connectivity index (χ3n) is 4.34. The topological polar surface area (TPSA) is 78.1 Å². The Morgan fingerprint density at radius 3 is 2.65 bits per heavy atom. The van der Waals surface area contributed by atoms with Gasteiger partial charge in [-0.25, -0.2) is 8.42 Å². The Morgan fingerprint density at radius 1 is 1.30 bits per heavy atom. The summed E-state index contributed by atoms with van der Waals surface area (Å²) in [6.45, 7) is 5.55. The van der Waals surface area contributed by atoms with Crippen LogP contribution in [0.3, 0.4) is 0 Å². The van der Waals surface area contributed by atoms with Crippen LogP contribution in [0.4, 0.5) is 0 Å². The van der Waals surface area contributed by atoms with E-state index in [9.17, 15) is 8.42 Å². The molecular weight excluding hydrogens is 312 g/mol. The average Bonchev–Trinajstić information content (AvgIpc) is 3.02. The third-order valence-corrected chi connectivity index (χ3v) is 6.36. The highest BCUT2D eigenvalue weighted by molar-refractivity contribution is 7.89. The molecule has 2 heterocycles. The Morgan fingerprint density at radius 2 is 2.04 bits per heavy atom. The van der Waals surface area contributed by atoms with E-state index in [1.165, 1.54) is 11.8 Å². The molecule has 2 aromatic rings. The number of nitrogens with zero attached hydrogens (tertiary/aromatic N) is 2. The molecule has 1 aromatic carbocycles. The zero-order chi connectivity index (χ0) is 16.4. The van der Waals surface area contributed by atoms with Crippen molar-refractivity contribution in [2.24, 2.45) is 0 Å². The van der Waals surface area contributed by atoms with Gasteiger partial charge >= 0.3 is 0 Å². The smallest absolute Gasteiger partial charge is 0.247 e. The first-order valence-electron chi connectivity index (χ1n) is 7.85. The Bertz CT molecular complexity index is 768. The summed E-state index contributed by atoms with van der Waals surface area (Å²) in [6, 6.07) is 7.99. The third kappa shape index (κ3) is 3.04. The second kappa shape index (κ2) is 6.43. The maximum atomic E-state index is 13.0. The van der Waals surface area contributed by atoms with Crippen LogP contribution in [-0.2, 0) is 16.4 Å². The van der Waals surface area contributed by atoms with Gasteiger partial charge in [-0.05, 0) is 24.5 Å². The van der Waals surface area contributed by atoms with Crippen LogP contribution in [-0.4, -0.2) is 42.6 Å². The summed E-state index contributed by atoms with van der Waals surface area (Å²) in [5, 5.41) is 9.86. The standard InChI is InChI=1S/C16H22N4O2S/c1-3-13-4-6-14(7-5-13)15-10-17-8-9-20(15)23(21,22)16-11-18-19-12(16)2/h4-7,11,15,17H,3,8-10H2,1-2H3,(H,18,19). The predicted molar refractivity (Wildman–Crippen MR) is 88.6 cm³/mol. The summed E-state index contributed by atoms with van der Waals surface area (Å²) in [5.41, 5.74) is 2.83. The summed E-state index contributed by atoms with van der Waals surface area (Å²) < 4.78 is 27.6. The van der Waals surface area contributed by atoms with E-state index in [1.54, 1.807) is 11.2 Å². The number of aromatic nitrogens is 2. The van der Waals surface area contributed by atoms with E-state index in [2.05, 4.69) is 34.6 Å². The molecule has 0 spiro atoms. The number of aryl methyl sites for hydroxylation is 2. The van der Waals surface area contributed by atoms with Gasteiger partial charge in [0.05, 0.1) is 17.9 Å². The Kier molecular flexibility index (Phi) is 4.52. The maximum absolute atomic E-state index is 13.0. The molecule has 1 aliphatic heterocycles. The van der Waals surface area contributed by atoms with Gasteiger partial charge in [-0.2, -0.15) is 9.40 Å². The summed E-state index contributed by atoms with van der Waals surface area (Å²) in [7, 11) is -3.56. The number of benzene rings is 1. The second-order valence-corrected chi connectivity index (χ2v) is 7.65. The Hall–Kier alpha value is -1.70. The molecular formula is C16H22N4O2S. The molecule has 0 aliphatic carbocycles. The molecule has 1 aromatic heterocycles. The molecule has 0 saturated carbocycles. The lowest BCUT2D eigenvalue weighted by atomic mass is 10.0. The van der Waals surface area contributed by atoms with Crippen molar-refractivity contribution in [2.45, 2.75) is 31.2 Å². The fourth-order valence-corrected chi connectivity index (χ4v) is 4.69. The van der Waals surface area contributed by atoms with E-state index in [0.29, 0.717) is 25.3 Å². The lowest BCUT2D eigenvalue weighted by Crippen LogP contribution is -2.48. The zero-order valence-electron chi connectivity index (χ0n) is 13.4. The second-order valence-electron chi connectivity index (χ2n) is 5.79. The van der Waals surface area contributed by atoms with Crippen LogP contribution in [0.2, 0.25) is 0 Å². The normalized spacial score (nSPS) is 19.8. The fraction of sp³-hybridized carbons (Fsp3) is 0.438. The highest BCUT2D eigenvalue weighted by atomic mass is 32.2. The highest BCUT2D eigenvalue weighted by Crippen LogP contribution is 2.29. The molecule has 1 aliphatic rings. The number of sulfonamides is 1. The SMILES string of the molecule is CCc1ccc(C2CNCCN2S(=O)(=O)c2cn[nH]c2C)cc1. The van der Waals surface area contributed by atoms with Gasteiger partial charge in [0, 0.05) is 19.6 Å². The first kappa shape index (κ1) is 16.2. The average molecular weight is 334 g/mol. The molecule has 0 radical (unpaired) electrons. The Labute approximate surface area is 137 Å². The number of H-pyrrole nitrogens is 1. The van der Waals surface area contributed by atoms with Gasteiger partial charge in [0.25, 0.3) is 0 Å². The molecule has 6 nitrogen and oxygen atoms in total. The van der Waals surface area contributed by atoms with E-state index in [-0.39, 0.29) is 10.9 Å². The molecule has 1 atom stereocenters. The van der Waals surface area contributed by atoms with Gasteiger partial charge in [-0.1, -0.05) is 31.2 Å². The lowest BCUT2D eigenvalue weighted by Gasteiger charge is -2.35. The summed E-state index contributed by atoms with van der Waals surface area (Å²) in [5.74, 6) is 0.